The SMILES string of the molecule is COC(=O)c1cc(OC)c(OC(F)F)cc1NC(=O)c1csc(-c2ccccc2)n1. The molecule has 0 spiro atoms. The summed E-state index contributed by atoms with van der Waals surface area (Å²) >= 11 is 1.27. The second-order valence-electron chi connectivity index (χ2n) is 5.78. The Hall–Kier alpha value is -3.53. The van der Waals surface area contributed by atoms with Gasteiger partial charge in [0.05, 0.1) is 25.5 Å². The summed E-state index contributed by atoms with van der Waals surface area (Å²) < 4.78 is 39.5. The molecule has 0 atom stereocenters. The summed E-state index contributed by atoms with van der Waals surface area (Å²) in [4.78, 5) is 29.1. The minimum Gasteiger partial charge on any atom is -0.493 e. The average Bonchev–Trinajstić information content (AvgIpc) is 3.24. The molecule has 30 heavy (non-hydrogen) atoms. The van der Waals surface area contributed by atoms with E-state index in [0.29, 0.717) is 5.01 Å². The predicted molar refractivity (Wildman–Crippen MR) is 106 cm³/mol. The zero-order valence-electron chi connectivity index (χ0n) is 15.8. The Morgan fingerprint density at radius 1 is 1.10 bits per heavy atom. The molecule has 156 valence electrons. The maximum absolute atomic E-state index is 12.7. The van der Waals surface area contributed by atoms with Crippen molar-refractivity contribution in [3.8, 4) is 22.1 Å². The number of amides is 1. The van der Waals surface area contributed by atoms with Gasteiger partial charge in [-0.05, 0) is 0 Å². The van der Waals surface area contributed by atoms with Gasteiger partial charge in [0.1, 0.15) is 10.7 Å². The number of anilines is 1. The van der Waals surface area contributed by atoms with Gasteiger partial charge in [-0.3, -0.25) is 4.79 Å². The molecule has 1 aromatic heterocycles. The minimum absolute atomic E-state index is 0.0856. The fourth-order valence-electron chi connectivity index (χ4n) is 2.57. The number of nitrogens with one attached hydrogen (secondary N) is 1. The van der Waals surface area contributed by atoms with Crippen LogP contribution < -0.4 is 14.8 Å². The summed E-state index contributed by atoms with van der Waals surface area (Å²) in [5, 5.41) is 4.68. The van der Waals surface area contributed by atoms with E-state index >= 15 is 0 Å². The highest BCUT2D eigenvalue weighted by Gasteiger charge is 2.22. The monoisotopic (exact) mass is 434 g/mol. The van der Waals surface area contributed by atoms with Crippen LogP contribution in [0.3, 0.4) is 0 Å². The number of thiazole rings is 1. The number of esters is 1. The molecule has 0 aliphatic heterocycles. The molecule has 0 radical (unpaired) electrons. The van der Waals surface area contributed by atoms with Crippen molar-refractivity contribution in [3.05, 3.63) is 59.1 Å². The lowest BCUT2D eigenvalue weighted by atomic mass is 10.1. The van der Waals surface area contributed by atoms with Crippen LogP contribution in [0.1, 0.15) is 20.8 Å². The molecule has 3 rings (SSSR count). The number of ether oxygens (including phenoxy) is 3. The van der Waals surface area contributed by atoms with Gasteiger partial charge in [0, 0.05) is 23.1 Å². The topological polar surface area (TPSA) is 86.8 Å². The molecule has 1 N–H and O–H groups in total. The van der Waals surface area contributed by atoms with Crippen LogP contribution in [-0.2, 0) is 4.74 Å². The molecule has 7 nitrogen and oxygen atoms in total. The predicted octanol–water partition coefficient (Wildman–Crippen LogP) is 4.46. The molecule has 0 unspecified atom stereocenters. The van der Waals surface area contributed by atoms with Gasteiger partial charge in [-0.15, -0.1) is 11.3 Å². The Balaban J connectivity index is 1.93. The normalized spacial score (nSPS) is 10.6. The summed E-state index contributed by atoms with van der Waals surface area (Å²) in [5.74, 6) is -1.89. The Labute approximate surface area is 174 Å². The molecule has 0 saturated carbocycles. The van der Waals surface area contributed by atoms with Gasteiger partial charge in [0.25, 0.3) is 5.91 Å². The second kappa shape index (κ2) is 9.31. The van der Waals surface area contributed by atoms with Gasteiger partial charge in [0.15, 0.2) is 11.5 Å². The molecule has 3 aromatic rings. The molecule has 1 heterocycles. The van der Waals surface area contributed by atoms with Crippen molar-refractivity contribution in [2.75, 3.05) is 19.5 Å². The van der Waals surface area contributed by atoms with Crippen molar-refractivity contribution in [1.29, 1.82) is 0 Å². The quantitative estimate of drug-likeness (QED) is 0.553. The standard InChI is InChI=1S/C20H16F2N2O5S/c1-27-15-8-12(19(26)28-2)13(9-16(15)29-20(21)22)23-17(25)14-10-30-18(24-14)11-6-4-3-5-7-11/h3-10,20H,1-2H3,(H,23,25). The van der Waals surface area contributed by atoms with E-state index in [1.165, 1.54) is 18.4 Å². The van der Waals surface area contributed by atoms with Crippen molar-refractivity contribution in [2.24, 2.45) is 0 Å². The smallest absolute Gasteiger partial charge is 0.387 e. The molecule has 0 bridgehead atoms. The molecule has 0 fully saturated rings. The molecule has 0 saturated heterocycles. The number of alkyl halides is 2. The second-order valence-corrected chi connectivity index (χ2v) is 6.63. The van der Waals surface area contributed by atoms with Crippen LogP contribution in [0.5, 0.6) is 11.5 Å². The minimum atomic E-state index is -3.13. The number of hydrogen-bond acceptors (Lipinski definition) is 7. The molecule has 10 heteroatoms. The first-order valence-electron chi connectivity index (χ1n) is 8.50. The molecule has 2 aromatic carbocycles. The third-order valence-corrected chi connectivity index (χ3v) is 4.82. The van der Waals surface area contributed by atoms with E-state index in [4.69, 9.17) is 9.47 Å². The lowest BCUT2D eigenvalue weighted by molar-refractivity contribution is -0.0511. The van der Waals surface area contributed by atoms with Gasteiger partial charge < -0.3 is 19.5 Å². The number of carbonyl (C=O) groups is 2. The van der Waals surface area contributed by atoms with Gasteiger partial charge in [0.2, 0.25) is 0 Å². The zero-order chi connectivity index (χ0) is 21.7. The number of hydrogen-bond donors (Lipinski definition) is 1. The van der Waals surface area contributed by atoms with Gasteiger partial charge in [-0.25, -0.2) is 9.78 Å². The van der Waals surface area contributed by atoms with Crippen LogP contribution in [0.25, 0.3) is 10.6 Å². The van der Waals surface area contributed by atoms with Gasteiger partial charge in [-0.2, -0.15) is 8.78 Å². The summed E-state index contributed by atoms with van der Waals surface area (Å²) in [6.45, 7) is -3.13. The first-order chi connectivity index (χ1) is 14.4. The lowest BCUT2D eigenvalue weighted by Crippen LogP contribution is -2.16. The molecule has 1 amide bonds. The lowest BCUT2D eigenvalue weighted by Gasteiger charge is -2.15. The van der Waals surface area contributed by atoms with Crippen LogP contribution in [0, 0.1) is 0 Å². The number of nitrogens with zero attached hydrogens (tertiary/aromatic N) is 1. The van der Waals surface area contributed by atoms with Crippen LogP contribution in [0.15, 0.2) is 47.8 Å². The van der Waals surface area contributed by atoms with Crippen LogP contribution in [0.2, 0.25) is 0 Å². The van der Waals surface area contributed by atoms with E-state index in [2.05, 4.69) is 15.0 Å². The van der Waals surface area contributed by atoms with Crippen LogP contribution in [0.4, 0.5) is 14.5 Å². The van der Waals surface area contributed by atoms with Crippen molar-refractivity contribution >= 4 is 28.9 Å². The van der Waals surface area contributed by atoms with E-state index in [-0.39, 0.29) is 28.4 Å². The average molecular weight is 434 g/mol. The zero-order valence-corrected chi connectivity index (χ0v) is 16.7. The maximum atomic E-state index is 12.7. The number of methoxy groups -OCH3 is 2. The third kappa shape index (κ3) is 4.71. The van der Waals surface area contributed by atoms with Crippen molar-refractivity contribution < 1.29 is 32.6 Å². The Bertz CT molecular complexity index is 1060. The number of carbonyl (C=O) groups excluding carboxylic acids is 2. The highest BCUT2D eigenvalue weighted by molar-refractivity contribution is 7.13. The summed E-state index contributed by atoms with van der Waals surface area (Å²) in [6.07, 6.45) is 0. The first kappa shape index (κ1) is 21.2. The number of benzene rings is 2. The Morgan fingerprint density at radius 3 is 2.47 bits per heavy atom. The highest BCUT2D eigenvalue weighted by atomic mass is 32.1. The number of rotatable bonds is 7. The largest absolute Gasteiger partial charge is 0.493 e. The third-order valence-electron chi connectivity index (χ3n) is 3.93. The van der Waals surface area contributed by atoms with E-state index in [1.807, 2.05) is 30.3 Å². The van der Waals surface area contributed by atoms with E-state index in [1.54, 1.807) is 5.38 Å². The Kier molecular flexibility index (Phi) is 6.58. The van der Waals surface area contributed by atoms with Crippen molar-refractivity contribution in [3.63, 3.8) is 0 Å². The van der Waals surface area contributed by atoms with E-state index in [0.717, 1.165) is 24.8 Å². The van der Waals surface area contributed by atoms with E-state index in [9.17, 15) is 18.4 Å². The maximum Gasteiger partial charge on any atom is 0.387 e. The van der Waals surface area contributed by atoms with Crippen molar-refractivity contribution in [2.45, 2.75) is 6.61 Å². The Morgan fingerprint density at radius 2 is 1.83 bits per heavy atom. The summed E-state index contributed by atoms with van der Waals surface area (Å²) in [7, 11) is 2.38. The van der Waals surface area contributed by atoms with Crippen LogP contribution >= 0.6 is 11.3 Å². The summed E-state index contributed by atoms with van der Waals surface area (Å²) in [5.41, 5.74) is 0.760. The fourth-order valence-corrected chi connectivity index (χ4v) is 3.37. The van der Waals surface area contributed by atoms with Crippen LogP contribution in [-0.4, -0.2) is 37.7 Å². The number of halogens is 2. The fraction of sp³-hybridized carbons (Fsp3) is 0.150. The molecular weight excluding hydrogens is 418 g/mol. The summed E-state index contributed by atoms with van der Waals surface area (Å²) in [6, 6.07) is 11.5. The molecule has 0 aliphatic carbocycles. The van der Waals surface area contributed by atoms with Gasteiger partial charge >= 0.3 is 12.6 Å². The molecule has 0 aliphatic rings. The number of aromatic nitrogens is 1. The van der Waals surface area contributed by atoms with E-state index < -0.39 is 18.5 Å². The molecular formula is C20H16F2N2O5S. The van der Waals surface area contributed by atoms with Crippen molar-refractivity contribution in [1.82, 2.24) is 4.98 Å². The van der Waals surface area contributed by atoms with Gasteiger partial charge in [-0.1, -0.05) is 30.3 Å². The first-order valence-corrected chi connectivity index (χ1v) is 9.38. The highest BCUT2D eigenvalue weighted by Crippen LogP contribution is 2.35.